The Morgan fingerprint density at radius 1 is 1.17 bits per heavy atom. The van der Waals surface area contributed by atoms with Gasteiger partial charge in [0.2, 0.25) is 0 Å². The molecule has 0 amide bonds. The Morgan fingerprint density at radius 2 is 1.90 bits per heavy atom. The highest BCUT2D eigenvalue weighted by atomic mass is 79.9. The number of hydrogen-bond acceptors (Lipinski definition) is 5. The molecule has 2 N–H and O–H groups in total. The van der Waals surface area contributed by atoms with Crippen molar-refractivity contribution in [3.05, 3.63) is 34.4 Å². The first-order chi connectivity index (χ1) is 13.9. The summed E-state index contributed by atoms with van der Waals surface area (Å²) in [6.45, 7) is 3.60. The molecule has 0 aliphatic carbocycles. The number of aliphatic carboxylic acids is 2. The molecular formula is C20H23BrN4O4. The summed E-state index contributed by atoms with van der Waals surface area (Å²) in [7, 11) is 0. The molecule has 2 aromatic rings. The number of aromatic nitrogens is 1. The largest absolute Gasteiger partial charge is 0.481 e. The molecule has 0 spiro atoms. The highest BCUT2D eigenvalue weighted by molar-refractivity contribution is 9.10. The van der Waals surface area contributed by atoms with Gasteiger partial charge in [-0.3, -0.25) is 19.4 Å². The van der Waals surface area contributed by atoms with Crippen LogP contribution < -0.4 is 0 Å². The number of nitrogens with zero attached hydrogens (tertiary/aromatic N) is 4. The van der Waals surface area contributed by atoms with Crippen molar-refractivity contribution in [1.29, 1.82) is 5.26 Å². The summed E-state index contributed by atoms with van der Waals surface area (Å²) in [5.41, 5.74) is 1.49. The van der Waals surface area contributed by atoms with Crippen molar-refractivity contribution in [1.82, 2.24) is 14.4 Å². The molecule has 3 rings (SSSR count). The molecule has 154 valence electrons. The first-order valence-corrected chi connectivity index (χ1v) is 10.3. The predicted molar refractivity (Wildman–Crippen MR) is 111 cm³/mol. The summed E-state index contributed by atoms with van der Waals surface area (Å²) < 4.78 is 2.67. The predicted octanol–water partition coefficient (Wildman–Crippen LogP) is 2.54. The van der Waals surface area contributed by atoms with Crippen LogP contribution in [0.4, 0.5) is 0 Å². The minimum atomic E-state index is -0.921. The number of piperazine rings is 1. The highest BCUT2D eigenvalue weighted by Crippen LogP contribution is 2.33. The van der Waals surface area contributed by atoms with Gasteiger partial charge in [0.25, 0.3) is 0 Å². The van der Waals surface area contributed by atoms with E-state index in [1.807, 2.05) is 27.7 Å². The van der Waals surface area contributed by atoms with Gasteiger partial charge >= 0.3 is 11.9 Å². The molecule has 1 aliphatic rings. The van der Waals surface area contributed by atoms with E-state index >= 15 is 0 Å². The molecule has 29 heavy (non-hydrogen) atoms. The van der Waals surface area contributed by atoms with Gasteiger partial charge in [0, 0.05) is 72.8 Å². The number of carbonyl (C=O) groups is 2. The summed E-state index contributed by atoms with van der Waals surface area (Å²) in [6, 6.07) is 6.98. The van der Waals surface area contributed by atoms with Crippen molar-refractivity contribution >= 4 is 38.8 Å². The molecule has 1 aromatic carbocycles. The van der Waals surface area contributed by atoms with Gasteiger partial charge in [-0.25, -0.2) is 0 Å². The normalized spacial score (nSPS) is 16.6. The smallest absolute Gasteiger partial charge is 0.325 e. The van der Waals surface area contributed by atoms with Crippen molar-refractivity contribution in [2.75, 3.05) is 32.7 Å². The maximum Gasteiger partial charge on any atom is 0.325 e. The van der Waals surface area contributed by atoms with Gasteiger partial charge in [0.05, 0.1) is 12.5 Å². The molecule has 2 heterocycles. The van der Waals surface area contributed by atoms with Gasteiger partial charge in [-0.05, 0) is 12.1 Å². The summed E-state index contributed by atoms with van der Waals surface area (Å²) in [4.78, 5) is 27.4. The minimum absolute atomic E-state index is 0.0367. The number of nitriles is 1. The molecule has 0 radical (unpaired) electrons. The fourth-order valence-electron chi connectivity index (χ4n) is 3.85. The molecule has 0 bridgehead atoms. The number of aryl methyl sites for hydroxylation is 1. The quantitative estimate of drug-likeness (QED) is 0.619. The summed E-state index contributed by atoms with van der Waals surface area (Å²) in [6.07, 6.45) is 2.21. The molecule has 1 atom stereocenters. The molecular weight excluding hydrogens is 440 g/mol. The van der Waals surface area contributed by atoms with E-state index in [9.17, 15) is 14.7 Å². The van der Waals surface area contributed by atoms with Crippen molar-refractivity contribution in [2.45, 2.75) is 25.4 Å². The first-order valence-electron chi connectivity index (χ1n) is 9.47. The van der Waals surface area contributed by atoms with E-state index in [0.29, 0.717) is 44.7 Å². The fraction of sp³-hybridized carbons (Fsp3) is 0.450. The topological polar surface area (TPSA) is 110 Å². The fourth-order valence-corrected chi connectivity index (χ4v) is 4.20. The van der Waals surface area contributed by atoms with E-state index < -0.39 is 18.0 Å². The van der Waals surface area contributed by atoms with Crippen LogP contribution in [-0.4, -0.2) is 69.2 Å². The molecule has 1 aliphatic heterocycles. The van der Waals surface area contributed by atoms with Crippen LogP contribution in [-0.2, 0) is 16.1 Å². The number of carboxylic acid groups (broad SMARTS) is 2. The zero-order chi connectivity index (χ0) is 21.0. The Bertz CT molecular complexity index is 944. The first kappa shape index (κ1) is 21.3. The number of benzene rings is 1. The monoisotopic (exact) mass is 462 g/mol. The average molecular weight is 463 g/mol. The molecule has 1 saturated heterocycles. The van der Waals surface area contributed by atoms with E-state index in [-0.39, 0.29) is 13.0 Å². The number of rotatable bonds is 8. The standard InChI is InChI=1S/C20H23BrN4O4/c21-14-2-3-15-16(13-25(17(15)12-14)7-4-18(26)27)19(20(28)29)24-10-8-23(9-11-24)6-1-5-22/h2-3,12-13,19H,1,4,6-11H2,(H,26,27)(H,28,29)/t19-/m0/s1. The Balaban J connectivity index is 1.90. The van der Waals surface area contributed by atoms with Gasteiger partial charge < -0.3 is 14.8 Å². The van der Waals surface area contributed by atoms with Crippen LogP contribution >= 0.6 is 15.9 Å². The number of carboxylic acids is 2. The van der Waals surface area contributed by atoms with Crippen molar-refractivity contribution in [3.63, 3.8) is 0 Å². The van der Waals surface area contributed by atoms with Crippen LogP contribution in [0.15, 0.2) is 28.9 Å². The highest BCUT2D eigenvalue weighted by Gasteiger charge is 2.32. The van der Waals surface area contributed by atoms with Crippen LogP contribution in [0.2, 0.25) is 0 Å². The Kier molecular flexibility index (Phi) is 6.90. The summed E-state index contributed by atoms with van der Waals surface area (Å²) >= 11 is 3.44. The summed E-state index contributed by atoms with van der Waals surface area (Å²) in [5, 5.41) is 28.6. The van der Waals surface area contributed by atoms with E-state index in [1.54, 1.807) is 6.20 Å². The lowest BCUT2D eigenvalue weighted by molar-refractivity contribution is -0.144. The molecule has 9 heteroatoms. The van der Waals surface area contributed by atoms with Crippen LogP contribution in [0.5, 0.6) is 0 Å². The molecule has 0 saturated carbocycles. The van der Waals surface area contributed by atoms with Crippen LogP contribution in [0.25, 0.3) is 10.9 Å². The third kappa shape index (κ3) is 4.96. The second kappa shape index (κ2) is 9.39. The Labute approximate surface area is 177 Å². The third-order valence-electron chi connectivity index (χ3n) is 5.28. The third-order valence-corrected chi connectivity index (χ3v) is 5.78. The molecule has 8 nitrogen and oxygen atoms in total. The van der Waals surface area contributed by atoms with Crippen molar-refractivity contribution in [2.24, 2.45) is 0 Å². The number of halogens is 1. The number of hydrogen-bond donors (Lipinski definition) is 2. The maximum absolute atomic E-state index is 12.2. The zero-order valence-corrected chi connectivity index (χ0v) is 17.5. The minimum Gasteiger partial charge on any atom is -0.481 e. The lowest BCUT2D eigenvalue weighted by Crippen LogP contribution is -2.49. The number of fused-ring (bicyclic) bond motifs is 1. The maximum atomic E-state index is 12.2. The SMILES string of the molecule is N#CCCN1CCN([C@H](C(=O)O)c2cn(CCC(=O)O)c3cc(Br)ccc23)CC1. The van der Waals surface area contributed by atoms with Gasteiger partial charge in [-0.1, -0.05) is 22.0 Å². The van der Waals surface area contributed by atoms with Crippen LogP contribution in [0.3, 0.4) is 0 Å². The lowest BCUT2D eigenvalue weighted by atomic mass is 10.0. The lowest BCUT2D eigenvalue weighted by Gasteiger charge is -2.37. The Morgan fingerprint density at radius 3 is 2.52 bits per heavy atom. The average Bonchev–Trinajstić information content (AvgIpc) is 3.03. The van der Waals surface area contributed by atoms with Crippen molar-refractivity contribution < 1.29 is 19.8 Å². The van der Waals surface area contributed by atoms with Gasteiger partial charge in [-0.2, -0.15) is 5.26 Å². The van der Waals surface area contributed by atoms with E-state index in [2.05, 4.69) is 26.9 Å². The van der Waals surface area contributed by atoms with Gasteiger partial charge in [0.15, 0.2) is 0 Å². The second-order valence-electron chi connectivity index (χ2n) is 7.11. The van der Waals surface area contributed by atoms with Crippen molar-refractivity contribution in [3.8, 4) is 6.07 Å². The molecule has 1 aromatic heterocycles. The van der Waals surface area contributed by atoms with E-state index in [0.717, 1.165) is 15.4 Å². The van der Waals surface area contributed by atoms with Gasteiger partial charge in [-0.15, -0.1) is 0 Å². The zero-order valence-electron chi connectivity index (χ0n) is 15.9. The molecule has 0 unspecified atom stereocenters. The van der Waals surface area contributed by atoms with E-state index in [1.165, 1.54) is 0 Å². The van der Waals surface area contributed by atoms with Gasteiger partial charge in [0.1, 0.15) is 6.04 Å². The second-order valence-corrected chi connectivity index (χ2v) is 8.03. The van der Waals surface area contributed by atoms with E-state index in [4.69, 9.17) is 10.4 Å². The Hall–Kier alpha value is -2.41. The molecule has 1 fully saturated rings. The van der Waals surface area contributed by atoms with Crippen LogP contribution in [0.1, 0.15) is 24.4 Å². The summed E-state index contributed by atoms with van der Waals surface area (Å²) in [5.74, 6) is -1.82. The van der Waals surface area contributed by atoms with Crippen LogP contribution in [0, 0.1) is 11.3 Å².